The van der Waals surface area contributed by atoms with Crippen LogP contribution in [0.2, 0.25) is 0 Å². The molecule has 2 heterocycles. The molecule has 0 unspecified atom stereocenters. The van der Waals surface area contributed by atoms with Crippen LogP contribution in [0.5, 0.6) is 0 Å². The van der Waals surface area contributed by atoms with Crippen molar-refractivity contribution in [1.82, 2.24) is 10.2 Å². The van der Waals surface area contributed by atoms with Gasteiger partial charge in [-0.1, -0.05) is 18.2 Å². The van der Waals surface area contributed by atoms with E-state index in [2.05, 4.69) is 5.32 Å². The first-order chi connectivity index (χ1) is 11.3. The lowest BCUT2D eigenvalue weighted by Crippen LogP contribution is -2.57. The van der Waals surface area contributed by atoms with E-state index in [4.69, 9.17) is 4.42 Å². The predicted octanol–water partition coefficient (Wildman–Crippen LogP) is 1.98. The van der Waals surface area contributed by atoms with E-state index >= 15 is 0 Å². The quantitative estimate of drug-likeness (QED) is 0.869. The lowest BCUT2D eigenvalue weighted by molar-refractivity contribution is -0.134. The molecular weight excluding hydrogens is 364 g/mol. The Morgan fingerprint density at radius 3 is 2.52 bits per heavy atom. The van der Waals surface area contributed by atoms with Gasteiger partial charge in [-0.05, 0) is 38.1 Å². The summed E-state index contributed by atoms with van der Waals surface area (Å²) in [6, 6.07) is 9.50. The van der Waals surface area contributed by atoms with Gasteiger partial charge in [0.1, 0.15) is 11.3 Å². The first kappa shape index (κ1) is 19.8. The van der Waals surface area contributed by atoms with Gasteiger partial charge < -0.3 is 14.6 Å². The van der Waals surface area contributed by atoms with Crippen molar-refractivity contribution in [3.8, 4) is 0 Å². The van der Waals surface area contributed by atoms with Crippen molar-refractivity contribution in [3.63, 3.8) is 0 Å². The van der Waals surface area contributed by atoms with Gasteiger partial charge in [-0.15, -0.1) is 12.4 Å². The largest absolute Gasteiger partial charge is 0.459 e. The number of halogens is 1. The SMILES string of the molecule is CN(Cc1cc2ccccc2o1)C(=O)C1(S(C)(=O)=O)CCNCC1.Cl. The number of rotatable bonds is 4. The van der Waals surface area contributed by atoms with Crippen molar-refractivity contribution < 1.29 is 17.6 Å². The summed E-state index contributed by atoms with van der Waals surface area (Å²) in [5.41, 5.74) is 0.757. The molecule has 0 bridgehead atoms. The Balaban J connectivity index is 0.00000225. The minimum Gasteiger partial charge on any atom is -0.459 e. The summed E-state index contributed by atoms with van der Waals surface area (Å²) in [6.45, 7) is 1.30. The van der Waals surface area contributed by atoms with Crippen molar-refractivity contribution in [2.75, 3.05) is 26.4 Å². The van der Waals surface area contributed by atoms with Crippen LogP contribution in [-0.4, -0.2) is 50.4 Å². The van der Waals surface area contributed by atoms with E-state index in [-0.39, 0.29) is 24.9 Å². The molecule has 0 aliphatic carbocycles. The molecule has 2 aromatic rings. The van der Waals surface area contributed by atoms with Gasteiger partial charge >= 0.3 is 0 Å². The maximum Gasteiger partial charge on any atom is 0.244 e. The minimum absolute atomic E-state index is 0. The van der Waals surface area contributed by atoms with E-state index in [1.807, 2.05) is 30.3 Å². The monoisotopic (exact) mass is 386 g/mol. The fraction of sp³-hybridized carbons (Fsp3) is 0.471. The maximum absolute atomic E-state index is 13.0. The van der Waals surface area contributed by atoms with E-state index < -0.39 is 14.6 Å². The summed E-state index contributed by atoms with van der Waals surface area (Å²) in [5.74, 6) is 0.289. The predicted molar refractivity (Wildman–Crippen MR) is 99.6 cm³/mol. The van der Waals surface area contributed by atoms with Gasteiger partial charge in [-0.2, -0.15) is 0 Å². The summed E-state index contributed by atoms with van der Waals surface area (Å²) in [6.07, 6.45) is 1.76. The third kappa shape index (κ3) is 3.68. The van der Waals surface area contributed by atoms with Crippen LogP contribution < -0.4 is 5.32 Å². The molecule has 138 valence electrons. The molecule has 0 atom stereocenters. The highest BCUT2D eigenvalue weighted by molar-refractivity contribution is 7.92. The average molecular weight is 387 g/mol. The molecule has 1 aliphatic heterocycles. The van der Waals surface area contributed by atoms with Crippen LogP contribution in [0.4, 0.5) is 0 Å². The van der Waals surface area contributed by atoms with Gasteiger partial charge in [0, 0.05) is 18.7 Å². The zero-order valence-corrected chi connectivity index (χ0v) is 16.0. The Morgan fingerprint density at radius 2 is 1.92 bits per heavy atom. The molecule has 0 spiro atoms. The average Bonchev–Trinajstić information content (AvgIpc) is 2.95. The van der Waals surface area contributed by atoms with Gasteiger partial charge in [0.2, 0.25) is 5.91 Å². The van der Waals surface area contributed by atoms with Crippen molar-refractivity contribution in [1.29, 1.82) is 0 Å². The highest BCUT2D eigenvalue weighted by atomic mass is 35.5. The van der Waals surface area contributed by atoms with Crippen LogP contribution in [0.1, 0.15) is 18.6 Å². The molecule has 1 amide bonds. The van der Waals surface area contributed by atoms with Crippen molar-refractivity contribution >= 4 is 39.1 Å². The fourth-order valence-corrected chi connectivity index (χ4v) is 4.76. The van der Waals surface area contributed by atoms with Gasteiger partial charge in [0.05, 0.1) is 6.54 Å². The van der Waals surface area contributed by atoms with Crippen molar-refractivity contribution in [2.24, 2.45) is 0 Å². The van der Waals surface area contributed by atoms with Gasteiger partial charge in [0.25, 0.3) is 0 Å². The lowest BCUT2D eigenvalue weighted by atomic mass is 9.95. The third-order valence-electron chi connectivity index (χ3n) is 4.73. The zero-order chi connectivity index (χ0) is 17.4. The second-order valence-corrected chi connectivity index (χ2v) is 8.75. The lowest BCUT2D eigenvalue weighted by Gasteiger charge is -2.37. The van der Waals surface area contributed by atoms with Crippen LogP contribution in [-0.2, 0) is 21.2 Å². The van der Waals surface area contributed by atoms with E-state index in [1.54, 1.807) is 7.05 Å². The normalized spacial score (nSPS) is 17.0. The summed E-state index contributed by atoms with van der Waals surface area (Å²) in [7, 11) is -1.88. The number of fused-ring (bicyclic) bond motifs is 1. The third-order valence-corrected chi connectivity index (χ3v) is 6.73. The van der Waals surface area contributed by atoms with Crippen LogP contribution in [0.15, 0.2) is 34.7 Å². The van der Waals surface area contributed by atoms with Crippen LogP contribution in [0, 0.1) is 0 Å². The van der Waals surface area contributed by atoms with Gasteiger partial charge in [-0.3, -0.25) is 4.79 Å². The number of hydrogen-bond donors (Lipinski definition) is 1. The molecule has 1 N–H and O–H groups in total. The van der Waals surface area contributed by atoms with Crippen LogP contribution in [0.25, 0.3) is 11.0 Å². The smallest absolute Gasteiger partial charge is 0.244 e. The number of piperidine rings is 1. The molecule has 1 aliphatic rings. The minimum atomic E-state index is -3.51. The number of benzene rings is 1. The van der Waals surface area contributed by atoms with E-state index in [9.17, 15) is 13.2 Å². The highest BCUT2D eigenvalue weighted by Gasteiger charge is 2.49. The van der Waals surface area contributed by atoms with Gasteiger partial charge in [0.15, 0.2) is 14.6 Å². The number of carbonyl (C=O) groups is 1. The number of nitrogens with zero attached hydrogens (tertiary/aromatic N) is 1. The number of nitrogens with one attached hydrogen (secondary N) is 1. The Bertz CT molecular complexity index is 823. The number of furan rings is 1. The Kier molecular flexibility index (Phi) is 5.81. The van der Waals surface area contributed by atoms with E-state index in [0.29, 0.717) is 31.7 Å². The molecule has 0 saturated carbocycles. The second kappa shape index (κ2) is 7.35. The summed E-state index contributed by atoms with van der Waals surface area (Å²) in [5, 5.41) is 4.08. The molecule has 1 saturated heterocycles. The Hall–Kier alpha value is -1.57. The Labute approximate surface area is 153 Å². The molecule has 1 aromatic carbocycles. The number of para-hydroxylation sites is 1. The summed E-state index contributed by atoms with van der Waals surface area (Å²) in [4.78, 5) is 14.4. The summed E-state index contributed by atoms with van der Waals surface area (Å²) < 4.78 is 29.1. The standard InChI is InChI=1S/C17H22N2O4S.ClH/c1-19(12-14-11-13-5-3-4-6-15(13)23-14)16(20)17(24(2,21)22)7-9-18-10-8-17;/h3-6,11,18H,7-10,12H2,1-2H3;1H. The molecule has 1 aromatic heterocycles. The zero-order valence-electron chi connectivity index (χ0n) is 14.3. The second-order valence-electron chi connectivity index (χ2n) is 6.43. The number of hydrogen-bond acceptors (Lipinski definition) is 5. The number of sulfone groups is 1. The summed E-state index contributed by atoms with van der Waals surface area (Å²) >= 11 is 0. The first-order valence-electron chi connectivity index (χ1n) is 7.97. The molecule has 1 fully saturated rings. The van der Waals surface area contributed by atoms with E-state index in [1.165, 1.54) is 4.90 Å². The molecule has 0 radical (unpaired) electrons. The van der Waals surface area contributed by atoms with Gasteiger partial charge in [-0.25, -0.2) is 8.42 Å². The van der Waals surface area contributed by atoms with Crippen LogP contribution in [0.3, 0.4) is 0 Å². The molecule has 8 heteroatoms. The highest BCUT2D eigenvalue weighted by Crippen LogP contribution is 2.30. The molecular formula is C17H23ClN2O4S. The molecule has 6 nitrogen and oxygen atoms in total. The van der Waals surface area contributed by atoms with Crippen LogP contribution >= 0.6 is 12.4 Å². The topological polar surface area (TPSA) is 79.6 Å². The molecule has 25 heavy (non-hydrogen) atoms. The molecule has 3 rings (SSSR count). The first-order valence-corrected chi connectivity index (χ1v) is 9.86. The number of amides is 1. The Morgan fingerprint density at radius 1 is 1.28 bits per heavy atom. The fourth-order valence-electron chi connectivity index (χ4n) is 3.34. The number of carbonyl (C=O) groups excluding carboxylic acids is 1. The van der Waals surface area contributed by atoms with Crippen molar-refractivity contribution in [2.45, 2.75) is 24.1 Å². The van der Waals surface area contributed by atoms with Crippen molar-refractivity contribution in [3.05, 3.63) is 36.1 Å². The maximum atomic E-state index is 13.0. The van der Waals surface area contributed by atoms with E-state index in [0.717, 1.165) is 17.2 Å².